The molecule has 2 rings (SSSR count). The number of benzene rings is 1. The summed E-state index contributed by atoms with van der Waals surface area (Å²) in [7, 11) is 1.50. The lowest BCUT2D eigenvalue weighted by Crippen LogP contribution is -1.99. The summed E-state index contributed by atoms with van der Waals surface area (Å²) in [6.45, 7) is 6.04. The van der Waals surface area contributed by atoms with Crippen LogP contribution in [0.25, 0.3) is 0 Å². The number of hydrogen-bond acceptors (Lipinski definition) is 5. The molecule has 0 N–H and O–H groups in total. The summed E-state index contributed by atoms with van der Waals surface area (Å²) in [5.41, 5.74) is 3.30. The molecule has 0 aliphatic heterocycles. The Bertz CT molecular complexity index is 547. The average Bonchev–Trinajstić information content (AvgIpc) is 2.34. The van der Waals surface area contributed by atoms with Crippen LogP contribution in [0.1, 0.15) is 16.7 Å². The predicted octanol–water partition coefficient (Wildman–Crippen LogP) is 2.60. The van der Waals surface area contributed by atoms with E-state index in [4.69, 9.17) is 9.47 Å². The van der Waals surface area contributed by atoms with Crippen LogP contribution >= 0.6 is 0 Å². The monoisotopic (exact) mass is 245 g/mol. The summed E-state index contributed by atoms with van der Waals surface area (Å²) in [6.07, 6.45) is 1.36. The van der Waals surface area contributed by atoms with E-state index in [-0.39, 0.29) is 12.0 Å². The first-order chi connectivity index (χ1) is 8.60. The van der Waals surface area contributed by atoms with Crippen molar-refractivity contribution in [3.05, 3.63) is 35.2 Å². The lowest BCUT2D eigenvalue weighted by molar-refractivity contribution is 0.357. The molecule has 5 nitrogen and oxygen atoms in total. The molecular weight excluding hydrogens is 230 g/mol. The summed E-state index contributed by atoms with van der Waals surface area (Å²) in [6, 6.07) is 4.58. The molecule has 5 heteroatoms. The van der Waals surface area contributed by atoms with Crippen LogP contribution in [0.3, 0.4) is 0 Å². The molecule has 1 aromatic heterocycles. The highest BCUT2D eigenvalue weighted by atomic mass is 16.5. The Morgan fingerprint density at radius 2 is 1.56 bits per heavy atom. The zero-order valence-corrected chi connectivity index (χ0v) is 10.9. The second-order valence-electron chi connectivity index (χ2n) is 4.08. The summed E-state index contributed by atoms with van der Waals surface area (Å²) in [4.78, 5) is 11.8. The number of nitrogens with zero attached hydrogens (tertiary/aromatic N) is 3. The Morgan fingerprint density at radius 3 is 2.17 bits per heavy atom. The third kappa shape index (κ3) is 2.56. The Kier molecular flexibility index (Phi) is 3.41. The Labute approximate surface area is 106 Å². The van der Waals surface area contributed by atoms with Gasteiger partial charge in [0.15, 0.2) is 0 Å². The molecule has 0 saturated carbocycles. The minimum atomic E-state index is 0.233. The molecule has 0 saturated heterocycles. The zero-order valence-electron chi connectivity index (χ0n) is 10.9. The highest BCUT2D eigenvalue weighted by molar-refractivity contribution is 5.44. The lowest BCUT2D eigenvalue weighted by atomic mass is 10.1. The standard InChI is InChI=1S/C13H15N3O2/c1-8-5-9(2)11(10(3)6-8)18-13-15-7-14-12(16-13)17-4/h5-7H,1-4H3. The van der Waals surface area contributed by atoms with Crippen LogP contribution in [-0.4, -0.2) is 22.1 Å². The van der Waals surface area contributed by atoms with Crippen LogP contribution in [0.5, 0.6) is 17.8 Å². The Balaban J connectivity index is 2.33. The fourth-order valence-corrected chi connectivity index (χ4v) is 1.83. The number of rotatable bonds is 3. The molecule has 18 heavy (non-hydrogen) atoms. The number of aryl methyl sites for hydroxylation is 3. The van der Waals surface area contributed by atoms with Gasteiger partial charge >= 0.3 is 12.0 Å². The van der Waals surface area contributed by atoms with Crippen molar-refractivity contribution in [1.82, 2.24) is 15.0 Å². The topological polar surface area (TPSA) is 57.1 Å². The van der Waals surface area contributed by atoms with Crippen molar-refractivity contribution in [3.8, 4) is 17.8 Å². The van der Waals surface area contributed by atoms with Crippen LogP contribution in [0.4, 0.5) is 0 Å². The van der Waals surface area contributed by atoms with Crippen molar-refractivity contribution in [2.24, 2.45) is 0 Å². The van der Waals surface area contributed by atoms with Gasteiger partial charge in [-0.2, -0.15) is 9.97 Å². The fourth-order valence-electron chi connectivity index (χ4n) is 1.83. The van der Waals surface area contributed by atoms with Crippen molar-refractivity contribution < 1.29 is 9.47 Å². The molecule has 0 fully saturated rings. The van der Waals surface area contributed by atoms with E-state index in [2.05, 4.69) is 34.0 Å². The van der Waals surface area contributed by atoms with E-state index in [1.165, 1.54) is 19.0 Å². The Morgan fingerprint density at radius 1 is 0.944 bits per heavy atom. The molecule has 0 spiro atoms. The van der Waals surface area contributed by atoms with Crippen LogP contribution in [-0.2, 0) is 0 Å². The van der Waals surface area contributed by atoms with Crippen LogP contribution in [0, 0.1) is 20.8 Å². The van der Waals surface area contributed by atoms with Gasteiger partial charge in [-0.15, -0.1) is 4.98 Å². The van der Waals surface area contributed by atoms with E-state index in [0.717, 1.165) is 16.9 Å². The van der Waals surface area contributed by atoms with E-state index in [0.29, 0.717) is 0 Å². The molecule has 0 amide bonds. The first-order valence-electron chi connectivity index (χ1n) is 5.59. The van der Waals surface area contributed by atoms with Crippen molar-refractivity contribution in [1.29, 1.82) is 0 Å². The third-order valence-corrected chi connectivity index (χ3v) is 2.51. The molecule has 94 valence electrons. The Hall–Kier alpha value is -2.17. The zero-order chi connectivity index (χ0) is 13.1. The SMILES string of the molecule is COc1ncnc(Oc2c(C)cc(C)cc2C)n1. The van der Waals surface area contributed by atoms with E-state index in [1.54, 1.807) is 0 Å². The van der Waals surface area contributed by atoms with Gasteiger partial charge in [0.1, 0.15) is 12.1 Å². The van der Waals surface area contributed by atoms with Gasteiger partial charge in [0.2, 0.25) is 0 Å². The van der Waals surface area contributed by atoms with E-state index in [1.807, 2.05) is 13.8 Å². The van der Waals surface area contributed by atoms with Gasteiger partial charge in [-0.05, 0) is 31.9 Å². The minimum absolute atomic E-state index is 0.233. The van der Waals surface area contributed by atoms with Crippen LogP contribution < -0.4 is 9.47 Å². The summed E-state index contributed by atoms with van der Waals surface area (Å²) >= 11 is 0. The fraction of sp³-hybridized carbons (Fsp3) is 0.308. The van der Waals surface area contributed by atoms with E-state index < -0.39 is 0 Å². The molecule has 0 unspecified atom stereocenters. The molecular formula is C13H15N3O2. The van der Waals surface area contributed by atoms with Gasteiger partial charge in [-0.3, -0.25) is 0 Å². The molecule has 1 aromatic carbocycles. The largest absolute Gasteiger partial charge is 0.467 e. The number of ether oxygens (including phenoxy) is 2. The van der Waals surface area contributed by atoms with E-state index in [9.17, 15) is 0 Å². The molecule has 0 radical (unpaired) electrons. The van der Waals surface area contributed by atoms with E-state index >= 15 is 0 Å². The molecule has 2 aromatic rings. The van der Waals surface area contributed by atoms with Gasteiger partial charge < -0.3 is 9.47 Å². The summed E-state index contributed by atoms with van der Waals surface area (Å²) < 4.78 is 10.6. The first kappa shape index (κ1) is 12.3. The summed E-state index contributed by atoms with van der Waals surface area (Å²) in [5, 5.41) is 0. The second-order valence-corrected chi connectivity index (χ2v) is 4.08. The van der Waals surface area contributed by atoms with Crippen molar-refractivity contribution in [2.75, 3.05) is 7.11 Å². The second kappa shape index (κ2) is 5.00. The predicted molar refractivity (Wildman–Crippen MR) is 67.1 cm³/mol. The normalized spacial score (nSPS) is 10.2. The lowest BCUT2D eigenvalue weighted by Gasteiger charge is -2.11. The first-order valence-corrected chi connectivity index (χ1v) is 5.59. The van der Waals surface area contributed by atoms with Gasteiger partial charge in [-0.1, -0.05) is 17.7 Å². The highest BCUT2D eigenvalue weighted by Crippen LogP contribution is 2.28. The minimum Gasteiger partial charge on any atom is -0.467 e. The smallest absolute Gasteiger partial charge is 0.328 e. The van der Waals surface area contributed by atoms with Crippen molar-refractivity contribution in [3.63, 3.8) is 0 Å². The molecule has 0 atom stereocenters. The average molecular weight is 245 g/mol. The molecule has 0 aliphatic rings. The molecule has 0 bridgehead atoms. The summed E-state index contributed by atoms with van der Waals surface area (Å²) in [5.74, 6) is 0.772. The number of hydrogen-bond donors (Lipinski definition) is 0. The highest BCUT2D eigenvalue weighted by Gasteiger charge is 2.09. The molecule has 1 heterocycles. The van der Waals surface area contributed by atoms with Gasteiger partial charge in [0, 0.05) is 0 Å². The van der Waals surface area contributed by atoms with Gasteiger partial charge in [0.05, 0.1) is 7.11 Å². The third-order valence-electron chi connectivity index (χ3n) is 2.51. The van der Waals surface area contributed by atoms with Crippen LogP contribution in [0.2, 0.25) is 0 Å². The molecule has 0 aliphatic carbocycles. The van der Waals surface area contributed by atoms with Crippen LogP contribution in [0.15, 0.2) is 18.5 Å². The maximum atomic E-state index is 5.70. The maximum absolute atomic E-state index is 5.70. The quantitative estimate of drug-likeness (QED) is 0.831. The number of aromatic nitrogens is 3. The maximum Gasteiger partial charge on any atom is 0.328 e. The van der Waals surface area contributed by atoms with Gasteiger partial charge in [-0.25, -0.2) is 0 Å². The van der Waals surface area contributed by atoms with Crippen molar-refractivity contribution >= 4 is 0 Å². The van der Waals surface area contributed by atoms with Crippen molar-refractivity contribution in [2.45, 2.75) is 20.8 Å². The van der Waals surface area contributed by atoms with Gasteiger partial charge in [0.25, 0.3) is 0 Å². The number of methoxy groups -OCH3 is 1.